The molecule has 21 heavy (non-hydrogen) atoms. The van der Waals surface area contributed by atoms with Gasteiger partial charge >= 0.3 is 5.97 Å². The van der Waals surface area contributed by atoms with Gasteiger partial charge in [0.2, 0.25) is 0 Å². The van der Waals surface area contributed by atoms with Crippen LogP contribution in [0, 0.1) is 0 Å². The molecule has 0 aliphatic rings. The van der Waals surface area contributed by atoms with Crippen LogP contribution < -0.4 is 5.32 Å². The van der Waals surface area contributed by atoms with E-state index in [9.17, 15) is 9.59 Å². The molecule has 0 bridgehead atoms. The maximum absolute atomic E-state index is 12.3. The molecule has 0 saturated carbocycles. The van der Waals surface area contributed by atoms with E-state index in [4.69, 9.17) is 5.11 Å². The third-order valence-electron chi connectivity index (χ3n) is 3.27. The number of aliphatic carboxylic acids is 1. The maximum Gasteiger partial charge on any atom is 0.328 e. The third kappa shape index (κ3) is 3.28. The van der Waals surface area contributed by atoms with E-state index in [0.29, 0.717) is 0 Å². The first-order valence-electron chi connectivity index (χ1n) is 6.63. The smallest absolute Gasteiger partial charge is 0.328 e. The second kappa shape index (κ2) is 6.21. The van der Waals surface area contributed by atoms with E-state index in [1.54, 1.807) is 0 Å². The first kappa shape index (κ1) is 14.8. The van der Waals surface area contributed by atoms with E-state index in [1.807, 2.05) is 37.3 Å². The van der Waals surface area contributed by atoms with Crippen molar-refractivity contribution in [2.45, 2.75) is 25.9 Å². The summed E-state index contributed by atoms with van der Waals surface area (Å²) in [7, 11) is 0. The van der Waals surface area contributed by atoms with Crippen LogP contribution in [-0.4, -0.2) is 26.8 Å². The summed E-state index contributed by atoms with van der Waals surface area (Å²) < 4.78 is 1.20. The van der Waals surface area contributed by atoms with Crippen LogP contribution in [-0.2, 0) is 4.79 Å². The van der Waals surface area contributed by atoms with Gasteiger partial charge in [0.1, 0.15) is 11.7 Å². The van der Waals surface area contributed by atoms with Crippen molar-refractivity contribution in [2.24, 2.45) is 0 Å². The first-order chi connectivity index (χ1) is 10.0. The monoisotopic (exact) mass is 287 g/mol. The minimum absolute atomic E-state index is 0.179. The summed E-state index contributed by atoms with van der Waals surface area (Å²) in [5.41, 5.74) is 1.20. The second-order valence-electron chi connectivity index (χ2n) is 4.78. The average Bonchev–Trinajstić information content (AvgIpc) is 2.96. The SMILES string of the molecule is CC(NC(=O)c1ccnn1C(C)C(=O)O)c1ccccc1. The van der Waals surface area contributed by atoms with E-state index in [1.165, 1.54) is 23.9 Å². The molecule has 6 nitrogen and oxygen atoms in total. The highest BCUT2D eigenvalue weighted by molar-refractivity contribution is 5.93. The van der Waals surface area contributed by atoms with Crippen LogP contribution in [0.5, 0.6) is 0 Å². The van der Waals surface area contributed by atoms with E-state index >= 15 is 0 Å². The minimum atomic E-state index is -1.04. The van der Waals surface area contributed by atoms with Gasteiger partial charge < -0.3 is 10.4 Å². The number of nitrogens with one attached hydrogen (secondary N) is 1. The fraction of sp³-hybridized carbons (Fsp3) is 0.267. The zero-order valence-corrected chi connectivity index (χ0v) is 11.9. The van der Waals surface area contributed by atoms with Gasteiger partial charge in [0, 0.05) is 6.20 Å². The molecular weight excluding hydrogens is 270 g/mol. The highest BCUT2D eigenvalue weighted by Crippen LogP contribution is 2.14. The lowest BCUT2D eigenvalue weighted by atomic mass is 10.1. The molecule has 110 valence electrons. The number of nitrogens with zero attached hydrogens (tertiary/aromatic N) is 2. The molecule has 0 radical (unpaired) electrons. The van der Waals surface area contributed by atoms with Crippen molar-refractivity contribution in [3.05, 3.63) is 53.9 Å². The lowest BCUT2D eigenvalue weighted by molar-refractivity contribution is -0.140. The van der Waals surface area contributed by atoms with Crippen LogP contribution in [0.25, 0.3) is 0 Å². The maximum atomic E-state index is 12.3. The number of hydrogen-bond donors (Lipinski definition) is 2. The first-order valence-corrected chi connectivity index (χ1v) is 6.63. The van der Waals surface area contributed by atoms with Crippen molar-refractivity contribution in [2.75, 3.05) is 0 Å². The highest BCUT2D eigenvalue weighted by atomic mass is 16.4. The molecule has 1 amide bonds. The topological polar surface area (TPSA) is 84.2 Å². The summed E-state index contributed by atoms with van der Waals surface area (Å²) in [5.74, 6) is -1.39. The predicted molar refractivity (Wildman–Crippen MR) is 76.9 cm³/mol. The Bertz CT molecular complexity index is 637. The summed E-state index contributed by atoms with van der Waals surface area (Å²) >= 11 is 0. The van der Waals surface area contributed by atoms with Crippen LogP contribution in [0.2, 0.25) is 0 Å². The Kier molecular flexibility index (Phi) is 4.37. The number of carbonyl (C=O) groups excluding carboxylic acids is 1. The van der Waals surface area contributed by atoms with E-state index in [-0.39, 0.29) is 17.6 Å². The van der Waals surface area contributed by atoms with E-state index < -0.39 is 12.0 Å². The Balaban J connectivity index is 2.15. The summed E-state index contributed by atoms with van der Waals surface area (Å²) in [4.78, 5) is 23.3. The zero-order chi connectivity index (χ0) is 15.4. The van der Waals surface area contributed by atoms with Gasteiger partial charge in [-0.05, 0) is 25.5 Å². The van der Waals surface area contributed by atoms with Gasteiger partial charge in [-0.2, -0.15) is 5.10 Å². The van der Waals surface area contributed by atoms with Crippen LogP contribution in [0.15, 0.2) is 42.6 Å². The third-order valence-corrected chi connectivity index (χ3v) is 3.27. The van der Waals surface area contributed by atoms with Crippen molar-refractivity contribution in [1.29, 1.82) is 0 Å². The van der Waals surface area contributed by atoms with Crippen molar-refractivity contribution in [3.8, 4) is 0 Å². The Labute approximate surface area is 122 Å². The van der Waals surface area contributed by atoms with Crippen molar-refractivity contribution in [1.82, 2.24) is 15.1 Å². The van der Waals surface area contributed by atoms with Crippen molar-refractivity contribution in [3.63, 3.8) is 0 Å². The van der Waals surface area contributed by atoms with Gasteiger partial charge in [-0.15, -0.1) is 0 Å². The number of benzene rings is 1. The molecule has 0 aliphatic carbocycles. The molecule has 1 aromatic heterocycles. The van der Waals surface area contributed by atoms with Crippen LogP contribution >= 0.6 is 0 Å². The van der Waals surface area contributed by atoms with E-state index in [0.717, 1.165) is 5.56 Å². The normalized spacial score (nSPS) is 13.4. The Morgan fingerprint density at radius 1 is 1.19 bits per heavy atom. The lowest BCUT2D eigenvalue weighted by Gasteiger charge is -2.16. The van der Waals surface area contributed by atoms with E-state index in [2.05, 4.69) is 10.4 Å². The Hall–Kier alpha value is -2.63. The van der Waals surface area contributed by atoms with Crippen LogP contribution in [0.4, 0.5) is 0 Å². The number of aromatic nitrogens is 2. The van der Waals surface area contributed by atoms with Gasteiger partial charge in [0.05, 0.1) is 6.04 Å². The number of carboxylic acids is 1. The Morgan fingerprint density at radius 3 is 2.48 bits per heavy atom. The number of amides is 1. The summed E-state index contributed by atoms with van der Waals surface area (Å²) in [5, 5.41) is 15.8. The predicted octanol–water partition coefficient (Wildman–Crippen LogP) is 2.02. The van der Waals surface area contributed by atoms with Crippen LogP contribution in [0.1, 0.15) is 42.0 Å². The summed E-state index contributed by atoms with van der Waals surface area (Å²) in [6.07, 6.45) is 1.42. The number of hydrogen-bond acceptors (Lipinski definition) is 3. The molecule has 2 atom stereocenters. The highest BCUT2D eigenvalue weighted by Gasteiger charge is 2.22. The molecule has 0 spiro atoms. The standard InChI is InChI=1S/C15H17N3O3/c1-10(12-6-4-3-5-7-12)17-14(19)13-8-9-16-18(13)11(2)15(20)21/h3-11H,1-2H3,(H,17,19)(H,20,21). The van der Waals surface area contributed by atoms with Crippen LogP contribution in [0.3, 0.4) is 0 Å². The molecule has 2 rings (SSSR count). The average molecular weight is 287 g/mol. The van der Waals surface area contributed by atoms with Crippen molar-refractivity contribution < 1.29 is 14.7 Å². The van der Waals surface area contributed by atoms with Gasteiger partial charge in [0.25, 0.3) is 5.91 Å². The molecular formula is C15H17N3O3. The van der Waals surface area contributed by atoms with Gasteiger partial charge in [-0.1, -0.05) is 30.3 Å². The molecule has 0 fully saturated rings. The summed E-state index contributed by atoms with van der Waals surface area (Å²) in [6.45, 7) is 3.35. The Morgan fingerprint density at radius 2 is 1.86 bits per heavy atom. The van der Waals surface area contributed by atoms with Gasteiger partial charge in [-0.3, -0.25) is 4.79 Å². The molecule has 2 aromatic rings. The lowest BCUT2D eigenvalue weighted by Crippen LogP contribution is -2.30. The second-order valence-corrected chi connectivity index (χ2v) is 4.78. The summed E-state index contributed by atoms with van der Waals surface area (Å²) in [6, 6.07) is 9.97. The quantitative estimate of drug-likeness (QED) is 0.881. The molecule has 0 saturated heterocycles. The molecule has 6 heteroatoms. The van der Waals surface area contributed by atoms with Gasteiger partial charge in [-0.25, -0.2) is 9.48 Å². The number of carbonyl (C=O) groups is 2. The molecule has 0 aliphatic heterocycles. The minimum Gasteiger partial charge on any atom is -0.480 e. The van der Waals surface area contributed by atoms with Gasteiger partial charge in [0.15, 0.2) is 0 Å². The number of rotatable bonds is 5. The molecule has 1 heterocycles. The fourth-order valence-corrected chi connectivity index (χ4v) is 2.00. The number of carboxylic acid groups (broad SMARTS) is 1. The molecule has 2 N–H and O–H groups in total. The zero-order valence-electron chi connectivity index (χ0n) is 11.9. The van der Waals surface area contributed by atoms with Crippen molar-refractivity contribution >= 4 is 11.9 Å². The largest absolute Gasteiger partial charge is 0.480 e. The fourth-order valence-electron chi connectivity index (χ4n) is 2.00. The molecule has 2 unspecified atom stereocenters. The molecule has 1 aromatic carbocycles.